The van der Waals surface area contributed by atoms with E-state index in [0.717, 1.165) is 24.7 Å². The zero-order valence-electron chi connectivity index (χ0n) is 10.0. The van der Waals surface area contributed by atoms with Gasteiger partial charge in [0, 0.05) is 19.5 Å². The fourth-order valence-electron chi connectivity index (χ4n) is 2.55. The molecule has 2 unspecified atom stereocenters. The highest BCUT2D eigenvalue weighted by Crippen LogP contribution is 2.54. The summed E-state index contributed by atoms with van der Waals surface area (Å²) in [5.41, 5.74) is 0. The molecule has 2 amide bonds. The molecule has 2 fully saturated rings. The summed E-state index contributed by atoms with van der Waals surface area (Å²) in [4.78, 5) is 24.8. The van der Waals surface area contributed by atoms with E-state index in [1.165, 1.54) is 6.42 Å². The quantitative estimate of drug-likeness (QED) is 0.761. The minimum absolute atomic E-state index is 0.0148. The first-order valence-corrected chi connectivity index (χ1v) is 6.13. The molecule has 16 heavy (non-hydrogen) atoms. The van der Waals surface area contributed by atoms with Crippen molar-refractivity contribution in [3.63, 3.8) is 0 Å². The Morgan fingerprint density at radius 3 is 2.44 bits per heavy atom. The molecule has 2 rings (SSSR count). The average molecular weight is 224 g/mol. The van der Waals surface area contributed by atoms with Crippen LogP contribution in [0.1, 0.15) is 26.2 Å². The molecule has 0 spiro atoms. The lowest BCUT2D eigenvalue weighted by Crippen LogP contribution is -2.40. The van der Waals surface area contributed by atoms with Crippen LogP contribution >= 0.6 is 0 Å². The highest BCUT2D eigenvalue weighted by atomic mass is 16.2. The summed E-state index contributed by atoms with van der Waals surface area (Å²) >= 11 is 0. The second kappa shape index (κ2) is 4.44. The van der Waals surface area contributed by atoms with Gasteiger partial charge in [-0.25, -0.2) is 0 Å². The Balaban J connectivity index is 1.69. The number of nitrogens with one attached hydrogen (secondary N) is 1. The maximum atomic E-state index is 11.7. The molecular formula is C12H20N2O2. The number of rotatable bonds is 4. The van der Waals surface area contributed by atoms with Crippen molar-refractivity contribution in [2.45, 2.75) is 26.2 Å². The van der Waals surface area contributed by atoms with Crippen LogP contribution in [0.2, 0.25) is 0 Å². The van der Waals surface area contributed by atoms with Crippen LogP contribution in [0.15, 0.2) is 0 Å². The van der Waals surface area contributed by atoms with Crippen LogP contribution in [0, 0.1) is 17.8 Å². The fraction of sp³-hybridized carbons (Fsp3) is 0.833. The Morgan fingerprint density at radius 2 is 1.88 bits per heavy atom. The predicted octanol–water partition coefficient (Wildman–Crippen LogP) is 0.627. The Morgan fingerprint density at radius 1 is 1.25 bits per heavy atom. The number of hydrogen-bond acceptors (Lipinski definition) is 2. The van der Waals surface area contributed by atoms with E-state index < -0.39 is 0 Å². The van der Waals surface area contributed by atoms with Crippen molar-refractivity contribution in [1.29, 1.82) is 0 Å². The van der Waals surface area contributed by atoms with Gasteiger partial charge in [0.15, 0.2) is 0 Å². The first-order valence-electron chi connectivity index (χ1n) is 6.13. The summed E-state index contributed by atoms with van der Waals surface area (Å²) in [6.07, 6.45) is 3.39. The molecule has 0 bridgehead atoms. The van der Waals surface area contributed by atoms with Crippen molar-refractivity contribution >= 4 is 11.8 Å². The van der Waals surface area contributed by atoms with Crippen molar-refractivity contribution in [3.05, 3.63) is 0 Å². The molecule has 0 aromatic rings. The molecule has 0 heterocycles. The van der Waals surface area contributed by atoms with Gasteiger partial charge in [-0.2, -0.15) is 0 Å². The molecule has 90 valence electrons. The molecule has 2 atom stereocenters. The van der Waals surface area contributed by atoms with Crippen LogP contribution in [-0.2, 0) is 9.59 Å². The smallest absolute Gasteiger partial charge is 0.241 e. The summed E-state index contributed by atoms with van der Waals surface area (Å²) in [6.45, 7) is 2.75. The number of carbonyl (C=O) groups is 2. The molecule has 4 nitrogen and oxygen atoms in total. The van der Waals surface area contributed by atoms with Crippen LogP contribution in [0.25, 0.3) is 0 Å². The van der Waals surface area contributed by atoms with Crippen LogP contribution < -0.4 is 5.32 Å². The van der Waals surface area contributed by atoms with Crippen molar-refractivity contribution < 1.29 is 9.59 Å². The maximum Gasteiger partial charge on any atom is 0.241 e. The van der Waals surface area contributed by atoms with Gasteiger partial charge in [0.05, 0.1) is 6.54 Å². The van der Waals surface area contributed by atoms with E-state index in [1.807, 2.05) is 6.92 Å². The minimum atomic E-state index is -0.0148. The predicted molar refractivity (Wildman–Crippen MR) is 60.6 cm³/mol. The van der Waals surface area contributed by atoms with Crippen molar-refractivity contribution in [3.8, 4) is 0 Å². The van der Waals surface area contributed by atoms with Gasteiger partial charge in [-0.3, -0.25) is 9.59 Å². The van der Waals surface area contributed by atoms with Crippen molar-refractivity contribution in [2.24, 2.45) is 17.8 Å². The number of carbonyl (C=O) groups excluding carboxylic acids is 2. The molecule has 4 heteroatoms. The number of hydrogen-bond donors (Lipinski definition) is 1. The third kappa shape index (κ3) is 2.36. The van der Waals surface area contributed by atoms with E-state index in [-0.39, 0.29) is 24.3 Å². The lowest BCUT2D eigenvalue weighted by Gasteiger charge is -2.16. The monoisotopic (exact) mass is 224 g/mol. The Kier molecular flexibility index (Phi) is 3.17. The molecule has 0 radical (unpaired) electrons. The largest absolute Gasteiger partial charge is 0.347 e. The molecule has 1 N–H and O–H groups in total. The van der Waals surface area contributed by atoms with Gasteiger partial charge in [-0.1, -0.05) is 0 Å². The van der Waals surface area contributed by atoms with Crippen molar-refractivity contribution in [1.82, 2.24) is 10.2 Å². The Labute approximate surface area is 96.4 Å². The van der Waals surface area contributed by atoms with Gasteiger partial charge in [0.1, 0.15) is 0 Å². The van der Waals surface area contributed by atoms with Crippen LogP contribution in [-0.4, -0.2) is 36.9 Å². The van der Waals surface area contributed by atoms with E-state index in [9.17, 15) is 9.59 Å². The highest BCUT2D eigenvalue weighted by molar-refractivity contribution is 5.85. The van der Waals surface area contributed by atoms with E-state index in [1.54, 1.807) is 11.9 Å². The standard InChI is InChI=1S/C12H20N2O2/c1-3-14(2)11(15)7-13-12(16)10-5-8-4-9(8)6-10/h8-10H,3-7H2,1-2H3,(H,13,16). The molecule has 0 aromatic carbocycles. The summed E-state index contributed by atoms with van der Waals surface area (Å²) in [5, 5.41) is 2.75. The molecule has 2 aliphatic rings. The molecule has 0 saturated heterocycles. The summed E-state index contributed by atoms with van der Waals surface area (Å²) in [7, 11) is 1.75. The normalized spacial score (nSPS) is 30.8. The third-order valence-electron chi connectivity index (χ3n) is 3.93. The van der Waals surface area contributed by atoms with Gasteiger partial charge in [-0.15, -0.1) is 0 Å². The van der Waals surface area contributed by atoms with E-state index in [2.05, 4.69) is 5.32 Å². The first kappa shape index (κ1) is 11.4. The summed E-state index contributed by atoms with van der Waals surface area (Å²) in [5.74, 6) is 1.85. The number of likely N-dealkylation sites (N-methyl/N-ethyl adjacent to an activating group) is 1. The lowest BCUT2D eigenvalue weighted by atomic mass is 10.0. The Hall–Kier alpha value is -1.06. The number of amides is 2. The molecule has 2 aliphatic carbocycles. The fourth-order valence-corrected chi connectivity index (χ4v) is 2.55. The minimum Gasteiger partial charge on any atom is -0.347 e. The molecule has 0 aromatic heterocycles. The number of nitrogens with zero attached hydrogens (tertiary/aromatic N) is 1. The van der Waals surface area contributed by atoms with Gasteiger partial charge in [-0.05, 0) is 38.0 Å². The van der Waals surface area contributed by atoms with Gasteiger partial charge in [0.25, 0.3) is 0 Å². The topological polar surface area (TPSA) is 49.4 Å². The van der Waals surface area contributed by atoms with Gasteiger partial charge < -0.3 is 10.2 Å². The first-order chi connectivity index (χ1) is 7.61. The average Bonchev–Trinajstić information content (AvgIpc) is 2.91. The summed E-state index contributed by atoms with van der Waals surface area (Å²) < 4.78 is 0. The van der Waals surface area contributed by atoms with Crippen LogP contribution in [0.3, 0.4) is 0 Å². The van der Waals surface area contributed by atoms with E-state index in [4.69, 9.17) is 0 Å². The zero-order chi connectivity index (χ0) is 11.7. The van der Waals surface area contributed by atoms with Crippen LogP contribution in [0.4, 0.5) is 0 Å². The second-order valence-corrected chi connectivity index (χ2v) is 5.05. The Bertz CT molecular complexity index is 293. The zero-order valence-corrected chi connectivity index (χ0v) is 10.0. The van der Waals surface area contributed by atoms with Crippen molar-refractivity contribution in [2.75, 3.05) is 20.1 Å². The maximum absolute atomic E-state index is 11.7. The van der Waals surface area contributed by atoms with Gasteiger partial charge in [0.2, 0.25) is 11.8 Å². The van der Waals surface area contributed by atoms with E-state index >= 15 is 0 Å². The lowest BCUT2D eigenvalue weighted by molar-refractivity contribution is -0.132. The summed E-state index contributed by atoms with van der Waals surface area (Å²) in [6, 6.07) is 0. The SMILES string of the molecule is CCN(C)C(=O)CNC(=O)C1CC2CC2C1. The highest BCUT2D eigenvalue weighted by Gasteiger charge is 2.47. The number of fused-ring (bicyclic) bond motifs is 1. The van der Waals surface area contributed by atoms with Crippen LogP contribution in [0.5, 0.6) is 0 Å². The van der Waals surface area contributed by atoms with E-state index in [0.29, 0.717) is 6.54 Å². The van der Waals surface area contributed by atoms with Gasteiger partial charge >= 0.3 is 0 Å². The molecule has 0 aliphatic heterocycles. The second-order valence-electron chi connectivity index (χ2n) is 5.05. The molecular weight excluding hydrogens is 204 g/mol. The molecule has 2 saturated carbocycles. The third-order valence-corrected chi connectivity index (χ3v) is 3.93.